The predicted octanol–water partition coefficient (Wildman–Crippen LogP) is 1.91. The van der Waals surface area contributed by atoms with Crippen molar-refractivity contribution in [2.75, 3.05) is 13.1 Å². The minimum atomic E-state index is 0.211. The molecule has 1 aliphatic heterocycles. The summed E-state index contributed by atoms with van der Waals surface area (Å²) in [6.07, 6.45) is 9.51. The number of nitrogens with two attached hydrogens (primary N) is 1. The summed E-state index contributed by atoms with van der Waals surface area (Å²) in [6, 6.07) is 0.211. The lowest BCUT2D eigenvalue weighted by Gasteiger charge is -2.34. The highest BCUT2D eigenvalue weighted by Crippen LogP contribution is 2.26. The van der Waals surface area contributed by atoms with Crippen molar-refractivity contribution in [3.05, 3.63) is 0 Å². The summed E-state index contributed by atoms with van der Waals surface area (Å²) < 4.78 is 0. The largest absolute Gasteiger partial charge is 0.341 e. The quantitative estimate of drug-likeness (QED) is 0.796. The Kier molecular flexibility index (Phi) is 4.22. The molecule has 0 bridgehead atoms. The van der Waals surface area contributed by atoms with Gasteiger partial charge in [0.1, 0.15) is 0 Å². The summed E-state index contributed by atoms with van der Waals surface area (Å²) in [7, 11) is 0. The first-order valence-corrected chi connectivity index (χ1v) is 6.81. The maximum atomic E-state index is 11.7. The van der Waals surface area contributed by atoms with E-state index in [4.69, 9.17) is 5.73 Å². The van der Waals surface area contributed by atoms with Crippen LogP contribution in [0.15, 0.2) is 0 Å². The Hall–Kier alpha value is -0.570. The monoisotopic (exact) mass is 224 g/mol. The van der Waals surface area contributed by atoms with Crippen LogP contribution in [0.3, 0.4) is 0 Å². The Balaban J connectivity index is 1.80. The molecular weight excluding hydrogens is 200 g/mol. The van der Waals surface area contributed by atoms with E-state index >= 15 is 0 Å². The molecule has 0 radical (unpaired) electrons. The van der Waals surface area contributed by atoms with Crippen LogP contribution in [0.1, 0.15) is 51.4 Å². The lowest BCUT2D eigenvalue weighted by atomic mass is 9.84. The van der Waals surface area contributed by atoms with Crippen molar-refractivity contribution in [3.8, 4) is 0 Å². The van der Waals surface area contributed by atoms with Crippen molar-refractivity contribution in [2.24, 2.45) is 11.7 Å². The summed E-state index contributed by atoms with van der Waals surface area (Å²) >= 11 is 0. The molecule has 1 saturated heterocycles. The van der Waals surface area contributed by atoms with Gasteiger partial charge in [-0.2, -0.15) is 0 Å². The van der Waals surface area contributed by atoms with E-state index in [1.54, 1.807) is 0 Å². The zero-order valence-electron chi connectivity index (χ0n) is 10.2. The maximum absolute atomic E-state index is 11.7. The number of nitrogens with zero attached hydrogens (tertiary/aromatic N) is 1. The molecule has 1 heterocycles. The molecule has 2 N–H and O–H groups in total. The molecule has 0 aromatic carbocycles. The Labute approximate surface area is 98.4 Å². The van der Waals surface area contributed by atoms with E-state index in [9.17, 15) is 4.79 Å². The molecule has 1 atom stereocenters. The number of amides is 1. The number of hydrogen-bond acceptors (Lipinski definition) is 2. The normalized spacial score (nSPS) is 25.8. The van der Waals surface area contributed by atoms with Crippen LogP contribution in [0.5, 0.6) is 0 Å². The van der Waals surface area contributed by atoms with E-state index in [0.717, 1.165) is 32.4 Å². The maximum Gasteiger partial charge on any atom is 0.222 e. The fourth-order valence-corrected chi connectivity index (χ4v) is 3.02. The van der Waals surface area contributed by atoms with Crippen molar-refractivity contribution in [3.63, 3.8) is 0 Å². The molecule has 0 spiro atoms. The molecule has 16 heavy (non-hydrogen) atoms. The van der Waals surface area contributed by atoms with Crippen LogP contribution in [0.2, 0.25) is 0 Å². The lowest BCUT2D eigenvalue weighted by molar-refractivity contribution is -0.133. The smallest absolute Gasteiger partial charge is 0.222 e. The van der Waals surface area contributed by atoms with Crippen LogP contribution in [0.25, 0.3) is 0 Å². The number of carbonyl (C=O) groups excluding carboxylic acids is 1. The zero-order valence-corrected chi connectivity index (χ0v) is 10.2. The summed E-state index contributed by atoms with van der Waals surface area (Å²) in [4.78, 5) is 13.7. The van der Waals surface area contributed by atoms with E-state index in [1.807, 2.05) is 4.90 Å². The molecule has 3 nitrogen and oxygen atoms in total. The highest BCUT2D eigenvalue weighted by Gasteiger charge is 2.25. The average Bonchev–Trinajstić information content (AvgIpc) is 2.33. The van der Waals surface area contributed by atoms with E-state index in [0.29, 0.717) is 11.8 Å². The van der Waals surface area contributed by atoms with Crippen LogP contribution >= 0.6 is 0 Å². The highest BCUT2D eigenvalue weighted by atomic mass is 16.2. The SMILES string of the molecule is NC(CN1CCCCC1=O)C1CCCCC1. The van der Waals surface area contributed by atoms with Gasteiger partial charge in [-0.05, 0) is 31.6 Å². The van der Waals surface area contributed by atoms with Gasteiger partial charge in [0, 0.05) is 25.6 Å². The molecule has 2 fully saturated rings. The topological polar surface area (TPSA) is 46.3 Å². The Morgan fingerprint density at radius 1 is 1.19 bits per heavy atom. The van der Waals surface area contributed by atoms with Gasteiger partial charge >= 0.3 is 0 Å². The van der Waals surface area contributed by atoms with Crippen LogP contribution in [-0.2, 0) is 4.79 Å². The van der Waals surface area contributed by atoms with Crippen LogP contribution in [0.4, 0.5) is 0 Å². The third-order valence-electron chi connectivity index (χ3n) is 4.11. The summed E-state index contributed by atoms with van der Waals surface area (Å²) in [6.45, 7) is 1.72. The van der Waals surface area contributed by atoms with E-state index in [-0.39, 0.29) is 6.04 Å². The highest BCUT2D eigenvalue weighted by molar-refractivity contribution is 5.76. The molecule has 1 aliphatic carbocycles. The van der Waals surface area contributed by atoms with Crippen molar-refractivity contribution in [1.82, 2.24) is 4.90 Å². The summed E-state index contributed by atoms with van der Waals surface area (Å²) in [5.74, 6) is 0.973. The fourth-order valence-electron chi connectivity index (χ4n) is 3.02. The minimum absolute atomic E-state index is 0.211. The van der Waals surface area contributed by atoms with Crippen LogP contribution < -0.4 is 5.73 Å². The number of rotatable bonds is 3. The van der Waals surface area contributed by atoms with Gasteiger partial charge in [-0.3, -0.25) is 4.79 Å². The van der Waals surface area contributed by atoms with Gasteiger partial charge in [-0.15, -0.1) is 0 Å². The van der Waals surface area contributed by atoms with E-state index in [1.165, 1.54) is 32.1 Å². The fraction of sp³-hybridized carbons (Fsp3) is 0.923. The second-order valence-electron chi connectivity index (χ2n) is 5.36. The Morgan fingerprint density at radius 3 is 2.62 bits per heavy atom. The molecule has 2 rings (SSSR count). The molecule has 1 unspecified atom stereocenters. The van der Waals surface area contributed by atoms with Crippen LogP contribution in [0, 0.1) is 5.92 Å². The zero-order chi connectivity index (χ0) is 11.4. The first kappa shape index (κ1) is 11.9. The lowest BCUT2D eigenvalue weighted by Crippen LogP contribution is -2.46. The second-order valence-corrected chi connectivity index (χ2v) is 5.36. The van der Waals surface area contributed by atoms with Crippen molar-refractivity contribution in [1.29, 1.82) is 0 Å². The third kappa shape index (κ3) is 2.97. The molecule has 3 heteroatoms. The standard InChI is InChI=1S/C13H24N2O/c14-12(11-6-2-1-3-7-11)10-15-9-5-4-8-13(15)16/h11-12H,1-10,14H2. The Bertz CT molecular complexity index is 236. The molecule has 0 aromatic heterocycles. The second kappa shape index (κ2) is 5.67. The van der Waals surface area contributed by atoms with E-state index in [2.05, 4.69) is 0 Å². The number of carbonyl (C=O) groups is 1. The van der Waals surface area contributed by atoms with Gasteiger partial charge in [-0.25, -0.2) is 0 Å². The van der Waals surface area contributed by atoms with Crippen molar-refractivity contribution < 1.29 is 4.79 Å². The molecule has 1 saturated carbocycles. The minimum Gasteiger partial charge on any atom is -0.341 e. The molecule has 2 aliphatic rings. The van der Waals surface area contributed by atoms with E-state index < -0.39 is 0 Å². The van der Waals surface area contributed by atoms with Crippen LogP contribution in [-0.4, -0.2) is 29.9 Å². The molecule has 0 aromatic rings. The molecule has 1 amide bonds. The van der Waals surface area contributed by atoms with Gasteiger partial charge < -0.3 is 10.6 Å². The summed E-state index contributed by atoms with van der Waals surface area (Å²) in [5, 5.41) is 0. The van der Waals surface area contributed by atoms with Gasteiger partial charge in [0.15, 0.2) is 0 Å². The van der Waals surface area contributed by atoms with Crippen molar-refractivity contribution in [2.45, 2.75) is 57.4 Å². The predicted molar refractivity (Wildman–Crippen MR) is 65.0 cm³/mol. The first-order valence-electron chi connectivity index (χ1n) is 6.81. The van der Waals surface area contributed by atoms with Gasteiger partial charge in [-0.1, -0.05) is 19.3 Å². The first-order chi connectivity index (χ1) is 7.77. The third-order valence-corrected chi connectivity index (χ3v) is 4.11. The number of piperidine rings is 1. The van der Waals surface area contributed by atoms with Gasteiger partial charge in [0.25, 0.3) is 0 Å². The number of likely N-dealkylation sites (tertiary alicyclic amines) is 1. The Morgan fingerprint density at radius 2 is 1.94 bits per heavy atom. The van der Waals surface area contributed by atoms with Crippen molar-refractivity contribution >= 4 is 5.91 Å². The molecular formula is C13H24N2O. The number of hydrogen-bond donors (Lipinski definition) is 1. The average molecular weight is 224 g/mol. The van der Waals surface area contributed by atoms with Gasteiger partial charge in [0.05, 0.1) is 0 Å². The summed E-state index contributed by atoms with van der Waals surface area (Å²) in [5.41, 5.74) is 6.25. The molecule has 92 valence electrons. The van der Waals surface area contributed by atoms with Gasteiger partial charge in [0.2, 0.25) is 5.91 Å².